The molecule has 0 aliphatic heterocycles. The highest BCUT2D eigenvalue weighted by Gasteiger charge is 2.27. The number of carboxylic acid groups (broad SMARTS) is 1. The van der Waals surface area contributed by atoms with Crippen LogP contribution in [0.3, 0.4) is 0 Å². The van der Waals surface area contributed by atoms with E-state index in [0.717, 1.165) is 0 Å². The second-order valence-corrected chi connectivity index (χ2v) is 5.60. The van der Waals surface area contributed by atoms with Crippen LogP contribution in [0.15, 0.2) is 11.2 Å². The summed E-state index contributed by atoms with van der Waals surface area (Å²) >= 11 is 0. The van der Waals surface area contributed by atoms with Crippen LogP contribution in [0.25, 0.3) is 0 Å². The molecular formula is C10H17N3O5S. The Hall–Kier alpha value is -1.45. The van der Waals surface area contributed by atoms with Gasteiger partial charge in [0.15, 0.2) is 5.03 Å². The number of carbonyl (C=O) groups is 1. The maximum Gasteiger partial charge on any atom is 0.321 e. The molecule has 3 N–H and O–H groups in total. The third-order valence-electron chi connectivity index (χ3n) is 2.58. The van der Waals surface area contributed by atoms with Crippen LogP contribution in [0.4, 0.5) is 0 Å². The number of aliphatic carboxylic acids is 1. The van der Waals surface area contributed by atoms with E-state index in [1.807, 2.05) is 11.6 Å². The lowest BCUT2D eigenvalue weighted by molar-refractivity contribution is -0.139. The van der Waals surface area contributed by atoms with Crippen molar-refractivity contribution in [2.24, 2.45) is 0 Å². The fourth-order valence-electron chi connectivity index (χ4n) is 1.54. The lowest BCUT2D eigenvalue weighted by Gasteiger charge is -2.11. The Balaban J connectivity index is 2.99. The summed E-state index contributed by atoms with van der Waals surface area (Å²) in [5.41, 5.74) is 0. The van der Waals surface area contributed by atoms with Gasteiger partial charge >= 0.3 is 5.97 Å². The summed E-state index contributed by atoms with van der Waals surface area (Å²) in [6.07, 6.45) is 1.14. The molecule has 0 aliphatic carbocycles. The molecule has 0 saturated carbocycles. The van der Waals surface area contributed by atoms with Crippen molar-refractivity contribution < 1.29 is 23.4 Å². The molecule has 8 nitrogen and oxygen atoms in total. The Morgan fingerprint density at radius 1 is 1.58 bits per heavy atom. The van der Waals surface area contributed by atoms with Crippen LogP contribution in [0.1, 0.15) is 19.2 Å². The monoisotopic (exact) mass is 291 g/mol. The van der Waals surface area contributed by atoms with Crippen LogP contribution in [-0.4, -0.2) is 46.8 Å². The second-order valence-electron chi connectivity index (χ2n) is 3.94. The minimum absolute atomic E-state index is 0.206. The molecule has 19 heavy (non-hydrogen) atoms. The highest BCUT2D eigenvalue weighted by Crippen LogP contribution is 2.10. The molecule has 0 aromatic carbocycles. The molecule has 0 saturated heterocycles. The third-order valence-corrected chi connectivity index (χ3v) is 3.93. The summed E-state index contributed by atoms with van der Waals surface area (Å²) in [6.45, 7) is 3.63. The van der Waals surface area contributed by atoms with Gasteiger partial charge in [-0.1, -0.05) is 0 Å². The fourth-order valence-corrected chi connectivity index (χ4v) is 2.77. The van der Waals surface area contributed by atoms with Gasteiger partial charge in [-0.3, -0.25) is 4.79 Å². The van der Waals surface area contributed by atoms with E-state index in [0.29, 0.717) is 12.4 Å². The molecule has 108 valence electrons. The van der Waals surface area contributed by atoms with Crippen LogP contribution >= 0.6 is 0 Å². The SMILES string of the molecule is CCn1cc(S(=O)(=O)N[C@H](CCO)C(=O)O)nc1C. The summed E-state index contributed by atoms with van der Waals surface area (Å²) in [5, 5.41) is 17.4. The van der Waals surface area contributed by atoms with Crippen LogP contribution in [0, 0.1) is 6.92 Å². The number of hydrogen-bond acceptors (Lipinski definition) is 5. The van der Waals surface area contributed by atoms with Gasteiger partial charge < -0.3 is 14.8 Å². The van der Waals surface area contributed by atoms with E-state index in [1.165, 1.54) is 6.20 Å². The molecule has 0 spiro atoms. The van der Waals surface area contributed by atoms with E-state index in [1.54, 1.807) is 11.5 Å². The molecule has 1 rings (SSSR count). The summed E-state index contributed by atoms with van der Waals surface area (Å²) in [4.78, 5) is 14.7. The summed E-state index contributed by atoms with van der Waals surface area (Å²) in [5.74, 6) is -0.818. The first-order valence-electron chi connectivity index (χ1n) is 5.71. The predicted octanol–water partition coefficient (Wildman–Crippen LogP) is -0.675. The minimum Gasteiger partial charge on any atom is -0.480 e. The number of carboxylic acids is 1. The molecule has 0 bridgehead atoms. The van der Waals surface area contributed by atoms with Gasteiger partial charge in [0.05, 0.1) is 0 Å². The molecule has 1 aromatic heterocycles. The molecule has 9 heteroatoms. The third kappa shape index (κ3) is 3.75. The number of hydrogen-bond donors (Lipinski definition) is 3. The van der Waals surface area contributed by atoms with Crippen LogP contribution in [0.2, 0.25) is 0 Å². The molecule has 0 radical (unpaired) electrons. The number of nitrogens with zero attached hydrogens (tertiary/aromatic N) is 2. The number of aliphatic hydroxyl groups is 1. The summed E-state index contributed by atoms with van der Waals surface area (Å²) in [7, 11) is -4.01. The number of aliphatic hydroxyl groups excluding tert-OH is 1. The number of sulfonamides is 1. The Morgan fingerprint density at radius 2 is 2.21 bits per heavy atom. The zero-order valence-corrected chi connectivity index (χ0v) is 11.5. The van der Waals surface area contributed by atoms with E-state index in [9.17, 15) is 13.2 Å². The van der Waals surface area contributed by atoms with Gasteiger partial charge in [0.1, 0.15) is 11.9 Å². The maximum absolute atomic E-state index is 12.0. The minimum atomic E-state index is -4.01. The van der Waals surface area contributed by atoms with Crippen molar-refractivity contribution >= 4 is 16.0 Å². The van der Waals surface area contributed by atoms with E-state index >= 15 is 0 Å². The standard InChI is InChI=1S/C10H17N3O5S/c1-3-13-6-9(11-7(13)2)19(17,18)12-8(4-5-14)10(15)16/h6,8,12,14H,3-5H2,1-2H3,(H,15,16)/t8-/m1/s1. The number of aromatic nitrogens is 2. The van der Waals surface area contributed by atoms with Crippen molar-refractivity contribution in [1.29, 1.82) is 0 Å². The van der Waals surface area contributed by atoms with Gasteiger partial charge in [0.25, 0.3) is 10.0 Å². The van der Waals surface area contributed by atoms with Crippen molar-refractivity contribution in [2.45, 2.75) is 37.9 Å². The van der Waals surface area contributed by atoms with Crippen molar-refractivity contribution in [3.05, 3.63) is 12.0 Å². The first kappa shape index (κ1) is 15.6. The molecule has 0 aliphatic rings. The van der Waals surface area contributed by atoms with Gasteiger partial charge in [-0.05, 0) is 20.3 Å². The molecule has 1 heterocycles. The molecule has 1 aromatic rings. The first-order chi connectivity index (χ1) is 8.81. The topological polar surface area (TPSA) is 122 Å². The molecule has 0 unspecified atom stereocenters. The van der Waals surface area contributed by atoms with E-state index in [2.05, 4.69) is 4.98 Å². The number of nitrogens with one attached hydrogen (secondary N) is 1. The zero-order chi connectivity index (χ0) is 14.6. The lowest BCUT2D eigenvalue weighted by atomic mass is 10.2. The Kier molecular flexibility index (Phi) is 5.04. The average molecular weight is 291 g/mol. The highest BCUT2D eigenvalue weighted by molar-refractivity contribution is 7.89. The van der Waals surface area contributed by atoms with Gasteiger partial charge in [-0.25, -0.2) is 13.4 Å². The van der Waals surface area contributed by atoms with Gasteiger partial charge in [-0.15, -0.1) is 0 Å². The average Bonchev–Trinajstić information content (AvgIpc) is 2.70. The van der Waals surface area contributed by atoms with Gasteiger partial charge in [0, 0.05) is 19.3 Å². The Bertz CT molecular complexity index is 552. The summed E-state index contributed by atoms with van der Waals surface area (Å²) < 4.78 is 27.6. The molecule has 1 atom stereocenters. The smallest absolute Gasteiger partial charge is 0.321 e. The number of rotatable bonds is 7. The van der Waals surface area contributed by atoms with Crippen molar-refractivity contribution in [1.82, 2.24) is 14.3 Å². The van der Waals surface area contributed by atoms with E-state index in [4.69, 9.17) is 10.2 Å². The Morgan fingerprint density at radius 3 is 2.63 bits per heavy atom. The molecular weight excluding hydrogens is 274 g/mol. The van der Waals surface area contributed by atoms with Crippen LogP contribution in [-0.2, 0) is 21.4 Å². The first-order valence-corrected chi connectivity index (χ1v) is 7.20. The van der Waals surface area contributed by atoms with Gasteiger partial charge in [-0.2, -0.15) is 4.72 Å². The fraction of sp³-hybridized carbons (Fsp3) is 0.600. The highest BCUT2D eigenvalue weighted by atomic mass is 32.2. The number of imidazole rings is 1. The van der Waals surface area contributed by atoms with E-state index < -0.39 is 28.6 Å². The molecule has 0 fully saturated rings. The quantitative estimate of drug-likeness (QED) is 0.612. The zero-order valence-electron chi connectivity index (χ0n) is 10.7. The van der Waals surface area contributed by atoms with Crippen molar-refractivity contribution in [3.63, 3.8) is 0 Å². The lowest BCUT2D eigenvalue weighted by Crippen LogP contribution is -2.41. The normalized spacial score (nSPS) is 13.4. The Labute approximate surface area is 111 Å². The molecule has 0 amide bonds. The van der Waals surface area contributed by atoms with Crippen molar-refractivity contribution in [2.75, 3.05) is 6.61 Å². The van der Waals surface area contributed by atoms with E-state index in [-0.39, 0.29) is 11.4 Å². The number of aryl methyl sites for hydroxylation is 2. The van der Waals surface area contributed by atoms with Crippen LogP contribution in [0.5, 0.6) is 0 Å². The maximum atomic E-state index is 12.0. The predicted molar refractivity (Wildman–Crippen MR) is 66.1 cm³/mol. The second kappa shape index (κ2) is 6.13. The van der Waals surface area contributed by atoms with Crippen molar-refractivity contribution in [3.8, 4) is 0 Å². The largest absolute Gasteiger partial charge is 0.480 e. The van der Waals surface area contributed by atoms with Crippen LogP contribution < -0.4 is 4.72 Å². The van der Waals surface area contributed by atoms with Gasteiger partial charge in [0.2, 0.25) is 0 Å². The summed E-state index contributed by atoms with van der Waals surface area (Å²) in [6, 6.07) is -1.37.